The number of anilines is 1. The van der Waals surface area contributed by atoms with Crippen molar-refractivity contribution in [2.45, 2.75) is 36.0 Å². The number of fused-ring (bicyclic) bond motifs is 1. The summed E-state index contributed by atoms with van der Waals surface area (Å²) in [5.41, 5.74) is 2.41. The van der Waals surface area contributed by atoms with Crippen LogP contribution in [0.3, 0.4) is 0 Å². The molecule has 0 aromatic heterocycles. The van der Waals surface area contributed by atoms with E-state index in [1.54, 1.807) is 35.9 Å². The zero-order valence-corrected chi connectivity index (χ0v) is 26.7. The van der Waals surface area contributed by atoms with E-state index in [1.165, 1.54) is 12.1 Å². The molecule has 1 amide bonds. The second-order valence-corrected chi connectivity index (χ2v) is 12.0. The summed E-state index contributed by atoms with van der Waals surface area (Å²) in [7, 11) is 1.63. The maximum absolute atomic E-state index is 13.2. The maximum atomic E-state index is 13.2. The van der Waals surface area contributed by atoms with Crippen molar-refractivity contribution in [2.75, 3.05) is 38.3 Å². The average Bonchev–Trinajstić information content (AvgIpc) is 3.46. The van der Waals surface area contributed by atoms with E-state index in [-0.39, 0.29) is 22.9 Å². The summed E-state index contributed by atoms with van der Waals surface area (Å²) in [5.74, 6) is -1.22. The number of rotatable bonds is 13. The summed E-state index contributed by atoms with van der Waals surface area (Å²) in [4.78, 5) is 49.1. The number of carbonyl (C=O) groups is 4. The molecule has 5 rings (SSSR count). The Morgan fingerprint density at radius 2 is 1.64 bits per heavy atom. The van der Waals surface area contributed by atoms with Crippen LogP contribution in [0.5, 0.6) is 11.5 Å². The van der Waals surface area contributed by atoms with Crippen LogP contribution in [0.1, 0.15) is 47.0 Å². The predicted molar refractivity (Wildman–Crippen MR) is 176 cm³/mol. The van der Waals surface area contributed by atoms with Gasteiger partial charge in [-0.15, -0.1) is 0 Å². The Hall–Kier alpha value is -4.68. The molecule has 0 radical (unpaired) electrons. The number of Topliss-reactive ketones (excluding diaryl/α,β-unsaturated/α-hetero) is 1. The van der Waals surface area contributed by atoms with E-state index in [0.29, 0.717) is 24.3 Å². The van der Waals surface area contributed by atoms with Crippen molar-refractivity contribution >= 4 is 41.6 Å². The molecule has 10 nitrogen and oxygen atoms in total. The highest BCUT2D eigenvalue weighted by Gasteiger charge is 2.33. The number of carbonyl (C=O) groups excluding carboxylic acids is 2. The molecule has 0 saturated carbocycles. The van der Waals surface area contributed by atoms with Gasteiger partial charge < -0.3 is 24.6 Å². The van der Waals surface area contributed by atoms with Crippen LogP contribution in [0.15, 0.2) is 83.8 Å². The summed E-state index contributed by atoms with van der Waals surface area (Å²) < 4.78 is 24.9. The number of likely N-dealkylation sites (tertiary alicyclic amines) is 1. The molecule has 1 fully saturated rings. The molecule has 0 aliphatic carbocycles. The zero-order chi connectivity index (χ0) is 33.8. The fourth-order valence-corrected chi connectivity index (χ4v) is 6.69. The van der Waals surface area contributed by atoms with E-state index in [4.69, 9.17) is 19.7 Å². The van der Waals surface area contributed by atoms with Crippen LogP contribution in [0.4, 0.5) is 10.1 Å². The van der Waals surface area contributed by atoms with Gasteiger partial charge in [-0.05, 0) is 99.9 Å². The van der Waals surface area contributed by atoms with E-state index < -0.39 is 11.9 Å². The summed E-state index contributed by atoms with van der Waals surface area (Å²) in [6.07, 6.45) is 5.54. The fraction of sp³-hybridized carbons (Fsp3) is 0.314. The topological polar surface area (TPSA) is 134 Å². The number of piperidine rings is 1. The first-order chi connectivity index (χ1) is 22.7. The van der Waals surface area contributed by atoms with Gasteiger partial charge >= 0.3 is 11.9 Å². The lowest BCUT2D eigenvalue weighted by Crippen LogP contribution is -2.37. The molecule has 2 aliphatic rings. The molecule has 2 aliphatic heterocycles. The Balaban J connectivity index is 0.000000555. The van der Waals surface area contributed by atoms with Crippen LogP contribution < -0.4 is 14.4 Å². The van der Waals surface area contributed by atoms with Gasteiger partial charge in [0.15, 0.2) is 5.78 Å². The molecule has 248 valence electrons. The first-order valence-corrected chi connectivity index (χ1v) is 16.0. The number of hydrogen-bond donors (Lipinski definition) is 2. The maximum Gasteiger partial charge on any atom is 0.328 e. The Morgan fingerprint density at radius 1 is 0.957 bits per heavy atom. The number of ketones is 1. The van der Waals surface area contributed by atoms with Crippen molar-refractivity contribution < 1.29 is 43.3 Å². The van der Waals surface area contributed by atoms with Crippen LogP contribution in [-0.4, -0.2) is 72.6 Å². The number of thioether (sulfide) groups is 1. The second kappa shape index (κ2) is 17.3. The third kappa shape index (κ3) is 9.90. The quantitative estimate of drug-likeness (QED) is 0.0960. The van der Waals surface area contributed by atoms with Crippen molar-refractivity contribution in [3.05, 3.63) is 95.8 Å². The summed E-state index contributed by atoms with van der Waals surface area (Å²) in [6.45, 7) is 3.32. The van der Waals surface area contributed by atoms with Gasteiger partial charge in [0.25, 0.3) is 0 Å². The number of nitrogens with zero attached hydrogens (tertiary/aromatic N) is 2. The predicted octanol–water partition coefficient (Wildman–Crippen LogP) is 6.07. The Bertz CT molecular complexity index is 1560. The van der Waals surface area contributed by atoms with E-state index in [0.717, 1.165) is 79.4 Å². The Labute approximate surface area is 276 Å². The monoisotopic (exact) mass is 664 g/mol. The number of aliphatic carboxylic acids is 2. The number of ether oxygens (including phenoxy) is 2. The molecular formula is C35H37FN2O8S. The number of carboxylic acids is 2. The largest absolute Gasteiger partial charge is 0.497 e. The highest BCUT2D eigenvalue weighted by Crippen LogP contribution is 2.52. The molecule has 0 spiro atoms. The minimum absolute atomic E-state index is 0.00839. The number of amides is 1. The molecule has 0 bridgehead atoms. The highest BCUT2D eigenvalue weighted by molar-refractivity contribution is 8.00. The molecule has 2 heterocycles. The molecule has 3 aromatic carbocycles. The normalized spacial score (nSPS) is 16.2. The molecule has 3 aromatic rings. The Kier molecular flexibility index (Phi) is 12.9. The minimum Gasteiger partial charge on any atom is -0.497 e. The van der Waals surface area contributed by atoms with Gasteiger partial charge in [0.2, 0.25) is 6.41 Å². The molecule has 1 atom stereocenters. The number of unbranched alkanes of at least 4 members (excludes halogenated alkanes) is 1. The van der Waals surface area contributed by atoms with Gasteiger partial charge in [-0.3, -0.25) is 14.5 Å². The van der Waals surface area contributed by atoms with Gasteiger partial charge in [-0.1, -0.05) is 23.9 Å². The number of methoxy groups -OCH3 is 1. The van der Waals surface area contributed by atoms with Crippen molar-refractivity contribution in [1.82, 2.24) is 4.90 Å². The summed E-state index contributed by atoms with van der Waals surface area (Å²) >= 11 is 1.63. The first kappa shape index (κ1) is 35.2. The highest BCUT2D eigenvalue weighted by atomic mass is 32.2. The minimum atomic E-state index is -1.26. The van der Waals surface area contributed by atoms with Crippen LogP contribution in [0, 0.1) is 11.7 Å². The van der Waals surface area contributed by atoms with Gasteiger partial charge in [0, 0.05) is 34.1 Å². The third-order valence-electron chi connectivity index (χ3n) is 7.81. The van der Waals surface area contributed by atoms with Gasteiger partial charge in [-0.2, -0.15) is 0 Å². The average molecular weight is 665 g/mol. The van der Waals surface area contributed by atoms with E-state index in [1.807, 2.05) is 42.5 Å². The van der Waals surface area contributed by atoms with Crippen LogP contribution in [0.2, 0.25) is 0 Å². The SMILES string of the molecule is COc1ccc(OCCCCN2CCC(C(=O)c3ccc(F)cc3)CC2)c(C2Sc3ccccc3N2C=O)c1.O=C(O)C=CC(=O)O. The number of carboxylic acid groups (broad SMARTS) is 2. The van der Waals surface area contributed by atoms with Crippen LogP contribution in [-0.2, 0) is 14.4 Å². The molecule has 2 N–H and O–H groups in total. The lowest BCUT2D eigenvalue weighted by Gasteiger charge is -2.31. The second-order valence-electron chi connectivity index (χ2n) is 10.9. The smallest absolute Gasteiger partial charge is 0.328 e. The summed E-state index contributed by atoms with van der Waals surface area (Å²) in [6, 6.07) is 19.5. The molecule has 1 unspecified atom stereocenters. The van der Waals surface area contributed by atoms with Gasteiger partial charge in [0.05, 0.1) is 19.4 Å². The van der Waals surface area contributed by atoms with Crippen molar-refractivity contribution in [1.29, 1.82) is 0 Å². The number of benzene rings is 3. The number of hydrogen-bond acceptors (Lipinski definition) is 8. The standard InChI is InChI=1S/C31H33FN2O4S.C4H4O4/c1-37-25-12-13-28(26(20-25)31-34(21-35)27-6-2-3-7-29(27)39-31)38-19-5-4-16-33-17-14-23(15-18-33)30(36)22-8-10-24(32)11-9-22;5-3(6)1-2-4(7)8/h2-3,6-13,20-21,23,31H,4-5,14-19H2,1H3;1-2H,(H,5,6)(H,7,8). The molecule has 47 heavy (non-hydrogen) atoms. The van der Waals surface area contributed by atoms with E-state index >= 15 is 0 Å². The summed E-state index contributed by atoms with van der Waals surface area (Å²) in [5, 5.41) is 15.4. The first-order valence-electron chi connectivity index (χ1n) is 15.2. The van der Waals surface area contributed by atoms with Gasteiger partial charge in [-0.25, -0.2) is 14.0 Å². The van der Waals surface area contributed by atoms with E-state index in [2.05, 4.69) is 4.90 Å². The Morgan fingerprint density at radius 3 is 2.28 bits per heavy atom. The lowest BCUT2D eigenvalue weighted by atomic mass is 9.89. The lowest BCUT2D eigenvalue weighted by molar-refractivity contribution is -0.134. The van der Waals surface area contributed by atoms with Crippen LogP contribution >= 0.6 is 11.8 Å². The van der Waals surface area contributed by atoms with Crippen molar-refractivity contribution in [3.8, 4) is 11.5 Å². The molecule has 1 saturated heterocycles. The number of para-hydroxylation sites is 1. The van der Waals surface area contributed by atoms with Crippen molar-refractivity contribution in [2.24, 2.45) is 5.92 Å². The third-order valence-corrected chi connectivity index (χ3v) is 9.12. The van der Waals surface area contributed by atoms with E-state index in [9.17, 15) is 23.6 Å². The van der Waals surface area contributed by atoms with Gasteiger partial charge in [0.1, 0.15) is 22.7 Å². The molecular weight excluding hydrogens is 627 g/mol. The van der Waals surface area contributed by atoms with Crippen LogP contribution in [0.25, 0.3) is 0 Å². The van der Waals surface area contributed by atoms with Crippen molar-refractivity contribution in [3.63, 3.8) is 0 Å². The molecule has 12 heteroatoms. The number of halogens is 1. The fourth-order valence-electron chi connectivity index (χ4n) is 5.41. The zero-order valence-electron chi connectivity index (χ0n) is 25.9.